The van der Waals surface area contributed by atoms with Crippen LogP contribution in [-0.2, 0) is 13.0 Å². The first kappa shape index (κ1) is 19.2. The van der Waals surface area contributed by atoms with Gasteiger partial charge in [-0.15, -0.1) is 0 Å². The first-order chi connectivity index (χ1) is 13.4. The van der Waals surface area contributed by atoms with E-state index < -0.39 is 0 Å². The van der Waals surface area contributed by atoms with Crippen molar-refractivity contribution in [2.75, 3.05) is 7.11 Å². The van der Waals surface area contributed by atoms with Crippen molar-refractivity contribution >= 4 is 5.91 Å². The second-order valence-electron chi connectivity index (χ2n) is 6.16. The highest BCUT2D eigenvalue weighted by atomic mass is 16.5. The Balaban J connectivity index is 1.76. The van der Waals surface area contributed by atoms with E-state index in [0.29, 0.717) is 46.3 Å². The van der Waals surface area contributed by atoms with Gasteiger partial charge in [0.25, 0.3) is 5.91 Å². The molecule has 0 saturated heterocycles. The molecule has 0 unspecified atom stereocenters. The second kappa shape index (κ2) is 7.99. The van der Waals surface area contributed by atoms with Crippen LogP contribution in [-0.4, -0.2) is 28.1 Å². The molecule has 0 bridgehead atoms. The van der Waals surface area contributed by atoms with Gasteiger partial charge in [-0.2, -0.15) is 0 Å². The Hall–Kier alpha value is -3.55. The smallest absolute Gasteiger partial charge is 0.253 e. The van der Waals surface area contributed by atoms with Gasteiger partial charge in [0.05, 0.1) is 19.2 Å². The lowest BCUT2D eigenvalue weighted by Crippen LogP contribution is -2.26. The van der Waals surface area contributed by atoms with Crippen LogP contribution in [0.2, 0.25) is 0 Å². The van der Waals surface area contributed by atoms with E-state index in [1.165, 1.54) is 25.3 Å². The molecule has 3 rings (SSSR count). The summed E-state index contributed by atoms with van der Waals surface area (Å²) in [7, 11) is 1.47. The molecule has 0 spiro atoms. The number of carbonyl (C=O) groups excluding carboxylic acids is 1. The number of phenolic OH excluding ortho intramolecular Hbond substituents is 1. The summed E-state index contributed by atoms with van der Waals surface area (Å²) in [6, 6.07) is 7.67. The summed E-state index contributed by atoms with van der Waals surface area (Å²) >= 11 is 0. The van der Waals surface area contributed by atoms with E-state index in [9.17, 15) is 14.7 Å². The summed E-state index contributed by atoms with van der Waals surface area (Å²) in [5.41, 5.74) is 1.92. The van der Waals surface area contributed by atoms with Gasteiger partial charge in [-0.25, -0.2) is 4.98 Å². The Bertz CT molecular complexity index is 1070. The highest BCUT2D eigenvalue weighted by molar-refractivity contribution is 5.95. The number of aromatic nitrogens is 2. The summed E-state index contributed by atoms with van der Waals surface area (Å²) < 4.78 is 10.7. The molecular formula is C20H21N3O5. The van der Waals surface area contributed by atoms with Crippen LogP contribution >= 0.6 is 0 Å². The van der Waals surface area contributed by atoms with Crippen LogP contribution in [0.1, 0.15) is 34.4 Å². The predicted octanol–water partition coefficient (Wildman–Crippen LogP) is 2.54. The summed E-state index contributed by atoms with van der Waals surface area (Å²) in [6.45, 7) is 3.78. The molecule has 1 amide bonds. The van der Waals surface area contributed by atoms with Crippen LogP contribution < -0.4 is 15.6 Å². The van der Waals surface area contributed by atoms with Gasteiger partial charge in [0, 0.05) is 17.3 Å². The number of nitrogens with zero attached hydrogens (tertiary/aromatic N) is 1. The number of H-pyrrole nitrogens is 1. The Kier molecular flexibility index (Phi) is 5.49. The quantitative estimate of drug-likeness (QED) is 0.602. The van der Waals surface area contributed by atoms with Gasteiger partial charge in [0.2, 0.25) is 11.4 Å². The summed E-state index contributed by atoms with van der Waals surface area (Å²) in [6.07, 6.45) is 0.535. The Labute approximate surface area is 161 Å². The number of hydrogen-bond acceptors (Lipinski definition) is 6. The van der Waals surface area contributed by atoms with Crippen LogP contribution in [0.3, 0.4) is 0 Å². The molecule has 2 aromatic heterocycles. The Morgan fingerprint density at radius 2 is 2.11 bits per heavy atom. The van der Waals surface area contributed by atoms with Crippen LogP contribution in [0.4, 0.5) is 0 Å². The predicted molar refractivity (Wildman–Crippen MR) is 103 cm³/mol. The molecule has 0 aliphatic carbocycles. The zero-order chi connectivity index (χ0) is 20.3. The first-order valence-electron chi connectivity index (χ1n) is 8.77. The highest BCUT2D eigenvalue weighted by Gasteiger charge is 2.16. The third-order valence-corrected chi connectivity index (χ3v) is 4.33. The molecule has 0 fully saturated rings. The maximum atomic E-state index is 12.5. The number of ether oxygens (including phenoxy) is 1. The van der Waals surface area contributed by atoms with E-state index >= 15 is 0 Å². The topological polar surface area (TPSA) is 117 Å². The molecule has 0 saturated carbocycles. The molecule has 0 radical (unpaired) electrons. The number of aryl methyl sites for hydroxylation is 2. The van der Waals surface area contributed by atoms with E-state index in [1.807, 2.05) is 6.92 Å². The number of methoxy groups -OCH3 is 1. The fraction of sp³-hybridized carbons (Fsp3) is 0.250. The lowest BCUT2D eigenvalue weighted by molar-refractivity contribution is 0.0949. The number of hydrogen-bond donors (Lipinski definition) is 3. The molecule has 0 aliphatic rings. The lowest BCUT2D eigenvalue weighted by Gasteiger charge is -2.07. The van der Waals surface area contributed by atoms with Gasteiger partial charge in [-0.05, 0) is 37.6 Å². The maximum absolute atomic E-state index is 12.5. The SMILES string of the molecule is CCc1[nH]c(=O)ccc1C(=O)NCc1nc(-c2ccc(OC)c(O)c2)oc1C. The normalized spacial score (nSPS) is 10.7. The molecule has 28 heavy (non-hydrogen) atoms. The van der Waals surface area contributed by atoms with Crippen LogP contribution in [0, 0.1) is 6.92 Å². The largest absolute Gasteiger partial charge is 0.504 e. The minimum Gasteiger partial charge on any atom is -0.504 e. The van der Waals surface area contributed by atoms with Crippen LogP contribution in [0.15, 0.2) is 39.5 Å². The molecule has 1 aromatic carbocycles. The first-order valence-corrected chi connectivity index (χ1v) is 8.77. The third kappa shape index (κ3) is 3.90. The standard InChI is InChI=1S/C20H21N3O5/c1-4-14-13(6-8-18(25)22-14)19(26)21-10-15-11(2)28-20(23-15)12-5-7-17(27-3)16(24)9-12/h5-9,24H,4,10H2,1-3H3,(H,21,26)(H,22,25). The highest BCUT2D eigenvalue weighted by Crippen LogP contribution is 2.31. The number of oxazole rings is 1. The number of phenols is 1. The monoisotopic (exact) mass is 383 g/mol. The van der Waals surface area contributed by atoms with Crippen molar-refractivity contribution in [1.82, 2.24) is 15.3 Å². The number of aromatic amines is 1. The minimum atomic E-state index is -0.306. The number of nitrogens with one attached hydrogen (secondary N) is 2. The molecule has 3 aromatic rings. The van der Waals surface area contributed by atoms with Crippen molar-refractivity contribution in [2.45, 2.75) is 26.8 Å². The molecule has 0 aliphatic heterocycles. The van der Waals surface area contributed by atoms with Gasteiger partial charge < -0.3 is 24.6 Å². The van der Waals surface area contributed by atoms with Gasteiger partial charge in [-0.1, -0.05) is 6.92 Å². The van der Waals surface area contributed by atoms with Crippen LogP contribution in [0.5, 0.6) is 11.5 Å². The molecule has 8 heteroatoms. The van der Waals surface area contributed by atoms with Crippen molar-refractivity contribution in [1.29, 1.82) is 0 Å². The zero-order valence-corrected chi connectivity index (χ0v) is 15.8. The van der Waals surface area contributed by atoms with E-state index in [4.69, 9.17) is 9.15 Å². The third-order valence-electron chi connectivity index (χ3n) is 4.33. The van der Waals surface area contributed by atoms with Crippen molar-refractivity contribution in [2.24, 2.45) is 0 Å². The maximum Gasteiger partial charge on any atom is 0.253 e. The van der Waals surface area contributed by atoms with Crippen LogP contribution in [0.25, 0.3) is 11.5 Å². The number of pyridine rings is 1. The average molecular weight is 383 g/mol. The van der Waals surface area contributed by atoms with E-state index in [2.05, 4.69) is 15.3 Å². The average Bonchev–Trinajstić information content (AvgIpc) is 3.06. The fourth-order valence-corrected chi connectivity index (χ4v) is 2.81. The molecule has 0 atom stereocenters. The summed E-state index contributed by atoms with van der Waals surface area (Å²) in [5, 5.41) is 12.7. The lowest BCUT2D eigenvalue weighted by atomic mass is 10.1. The molecule has 146 valence electrons. The number of aromatic hydroxyl groups is 1. The van der Waals surface area contributed by atoms with E-state index in [-0.39, 0.29) is 23.8 Å². The van der Waals surface area contributed by atoms with Gasteiger partial charge in [0.1, 0.15) is 11.5 Å². The number of carbonyl (C=O) groups is 1. The van der Waals surface area contributed by atoms with Crippen molar-refractivity contribution in [3.8, 4) is 23.0 Å². The number of rotatable bonds is 6. The fourth-order valence-electron chi connectivity index (χ4n) is 2.81. The van der Waals surface area contributed by atoms with Crippen molar-refractivity contribution in [3.63, 3.8) is 0 Å². The van der Waals surface area contributed by atoms with Crippen molar-refractivity contribution < 1.29 is 19.1 Å². The molecule has 3 N–H and O–H groups in total. The number of benzene rings is 1. The molecule has 8 nitrogen and oxygen atoms in total. The minimum absolute atomic E-state index is 0.0177. The summed E-state index contributed by atoms with van der Waals surface area (Å²) in [4.78, 5) is 31.0. The summed E-state index contributed by atoms with van der Waals surface area (Å²) in [5.74, 6) is 0.919. The second-order valence-corrected chi connectivity index (χ2v) is 6.16. The Morgan fingerprint density at radius 1 is 1.32 bits per heavy atom. The van der Waals surface area contributed by atoms with E-state index in [0.717, 1.165) is 0 Å². The van der Waals surface area contributed by atoms with Gasteiger partial charge in [-0.3, -0.25) is 9.59 Å². The Morgan fingerprint density at radius 3 is 2.79 bits per heavy atom. The molecule has 2 heterocycles. The molecular weight excluding hydrogens is 362 g/mol. The van der Waals surface area contributed by atoms with Gasteiger partial charge >= 0.3 is 0 Å². The van der Waals surface area contributed by atoms with Crippen molar-refractivity contribution in [3.05, 3.63) is 63.4 Å². The van der Waals surface area contributed by atoms with Gasteiger partial charge in [0.15, 0.2) is 11.5 Å². The van der Waals surface area contributed by atoms with E-state index in [1.54, 1.807) is 19.1 Å². The zero-order valence-electron chi connectivity index (χ0n) is 15.8. The number of amides is 1.